The van der Waals surface area contributed by atoms with E-state index in [9.17, 15) is 4.79 Å². The molecule has 0 aromatic heterocycles. The number of hydrogen-bond donors (Lipinski definition) is 0. The molecule has 2 aromatic carbocycles. The normalized spacial score (nSPS) is 10.2. The van der Waals surface area contributed by atoms with Gasteiger partial charge in [0.25, 0.3) is 0 Å². The summed E-state index contributed by atoms with van der Waals surface area (Å²) in [5.74, 6) is 1.07. The van der Waals surface area contributed by atoms with Gasteiger partial charge in [-0.15, -0.1) is 0 Å². The molecular formula is C16H14Br2O3. The molecule has 0 unspecified atom stereocenters. The number of hydrogen-bond acceptors (Lipinski definition) is 3. The maximum absolute atomic E-state index is 12.3. The van der Waals surface area contributed by atoms with Crippen molar-refractivity contribution in [3.63, 3.8) is 0 Å². The average molecular weight is 414 g/mol. The number of carbonyl (C=O) groups is 1. The van der Waals surface area contributed by atoms with E-state index in [4.69, 9.17) is 9.47 Å². The lowest BCUT2D eigenvalue weighted by Gasteiger charge is -2.11. The van der Waals surface area contributed by atoms with Gasteiger partial charge in [0.15, 0.2) is 6.61 Å². The summed E-state index contributed by atoms with van der Waals surface area (Å²) in [7, 11) is 0. The SMILES string of the molecule is CCOc1ccccc1C(=O)COc1c(Br)cccc1Br. The summed E-state index contributed by atoms with van der Waals surface area (Å²) in [6, 6.07) is 12.8. The summed E-state index contributed by atoms with van der Waals surface area (Å²) in [6.45, 7) is 2.35. The molecule has 21 heavy (non-hydrogen) atoms. The van der Waals surface area contributed by atoms with Crippen molar-refractivity contribution in [3.8, 4) is 11.5 Å². The zero-order valence-electron chi connectivity index (χ0n) is 11.4. The van der Waals surface area contributed by atoms with Crippen LogP contribution in [0.5, 0.6) is 11.5 Å². The third kappa shape index (κ3) is 4.08. The van der Waals surface area contributed by atoms with E-state index < -0.39 is 0 Å². The van der Waals surface area contributed by atoms with Crippen LogP contribution in [0.15, 0.2) is 51.4 Å². The Hall–Kier alpha value is -1.33. The van der Waals surface area contributed by atoms with Gasteiger partial charge < -0.3 is 9.47 Å². The second-order valence-electron chi connectivity index (χ2n) is 4.19. The number of benzene rings is 2. The van der Waals surface area contributed by atoms with Crippen LogP contribution in [0.4, 0.5) is 0 Å². The van der Waals surface area contributed by atoms with Crippen LogP contribution in [-0.2, 0) is 0 Å². The van der Waals surface area contributed by atoms with E-state index >= 15 is 0 Å². The number of ketones is 1. The van der Waals surface area contributed by atoms with Gasteiger partial charge in [0, 0.05) is 0 Å². The fraction of sp³-hybridized carbons (Fsp3) is 0.188. The Morgan fingerprint density at radius 2 is 1.67 bits per heavy atom. The fourth-order valence-corrected chi connectivity index (χ4v) is 3.04. The molecule has 0 spiro atoms. The van der Waals surface area contributed by atoms with Crippen LogP contribution in [0.2, 0.25) is 0 Å². The third-order valence-electron chi connectivity index (χ3n) is 2.75. The molecule has 0 atom stereocenters. The lowest BCUT2D eigenvalue weighted by atomic mass is 10.1. The van der Waals surface area contributed by atoms with Crippen molar-refractivity contribution in [2.75, 3.05) is 13.2 Å². The number of ether oxygens (including phenoxy) is 2. The van der Waals surface area contributed by atoms with Crippen molar-refractivity contribution in [3.05, 3.63) is 57.0 Å². The lowest BCUT2D eigenvalue weighted by molar-refractivity contribution is 0.0916. The molecule has 0 N–H and O–H groups in total. The molecule has 2 aromatic rings. The molecule has 0 radical (unpaired) electrons. The van der Waals surface area contributed by atoms with E-state index in [-0.39, 0.29) is 12.4 Å². The van der Waals surface area contributed by atoms with Crippen molar-refractivity contribution >= 4 is 37.6 Å². The molecule has 0 amide bonds. The fourth-order valence-electron chi connectivity index (χ4n) is 1.81. The Morgan fingerprint density at radius 3 is 2.33 bits per heavy atom. The van der Waals surface area contributed by atoms with Crippen molar-refractivity contribution in [2.45, 2.75) is 6.92 Å². The molecule has 0 saturated carbocycles. The van der Waals surface area contributed by atoms with Gasteiger partial charge in [0.2, 0.25) is 5.78 Å². The summed E-state index contributed by atoms with van der Waals surface area (Å²) in [5, 5.41) is 0. The molecule has 0 aliphatic rings. The first-order valence-corrected chi connectivity index (χ1v) is 8.04. The predicted octanol–water partition coefficient (Wildman–Crippen LogP) is 4.87. The van der Waals surface area contributed by atoms with Gasteiger partial charge in [-0.1, -0.05) is 18.2 Å². The Morgan fingerprint density at radius 1 is 1.00 bits per heavy atom. The number of para-hydroxylation sites is 2. The summed E-state index contributed by atoms with van der Waals surface area (Å²) in [5.41, 5.74) is 0.530. The van der Waals surface area contributed by atoms with Crippen molar-refractivity contribution in [2.24, 2.45) is 0 Å². The summed E-state index contributed by atoms with van der Waals surface area (Å²) < 4.78 is 12.7. The van der Waals surface area contributed by atoms with Gasteiger partial charge in [-0.25, -0.2) is 0 Å². The maximum atomic E-state index is 12.3. The summed E-state index contributed by atoms with van der Waals surface area (Å²) >= 11 is 6.80. The molecule has 0 aliphatic heterocycles. The Bertz CT molecular complexity index is 621. The van der Waals surface area contributed by atoms with E-state index in [1.807, 2.05) is 37.3 Å². The minimum atomic E-state index is -0.123. The number of rotatable bonds is 6. The highest BCUT2D eigenvalue weighted by molar-refractivity contribution is 9.11. The Balaban J connectivity index is 2.12. The number of Topliss-reactive ketones (excluding diaryl/α,β-unsaturated/α-hetero) is 1. The Kier molecular flexibility index (Phi) is 5.82. The predicted molar refractivity (Wildman–Crippen MR) is 89.3 cm³/mol. The first-order valence-electron chi connectivity index (χ1n) is 6.45. The number of halogens is 2. The van der Waals surface area contributed by atoms with Gasteiger partial charge in [-0.2, -0.15) is 0 Å². The third-order valence-corrected chi connectivity index (χ3v) is 4.00. The summed E-state index contributed by atoms with van der Waals surface area (Å²) in [6.07, 6.45) is 0. The van der Waals surface area contributed by atoms with Gasteiger partial charge in [-0.3, -0.25) is 4.79 Å². The molecular weight excluding hydrogens is 400 g/mol. The minimum Gasteiger partial charge on any atom is -0.493 e. The van der Waals surface area contributed by atoms with Crippen molar-refractivity contribution in [1.29, 1.82) is 0 Å². The van der Waals surface area contributed by atoms with Crippen LogP contribution in [0, 0.1) is 0 Å². The van der Waals surface area contributed by atoms with E-state index in [0.29, 0.717) is 23.7 Å². The highest BCUT2D eigenvalue weighted by atomic mass is 79.9. The lowest BCUT2D eigenvalue weighted by Crippen LogP contribution is -2.13. The van der Waals surface area contributed by atoms with Crippen LogP contribution in [0.1, 0.15) is 17.3 Å². The first kappa shape index (κ1) is 16.0. The standard InChI is InChI=1S/C16H14Br2O3/c1-2-20-15-9-4-3-6-11(15)14(19)10-21-16-12(17)7-5-8-13(16)18/h3-9H,2,10H2,1H3. The van der Waals surface area contributed by atoms with Gasteiger partial charge in [0.1, 0.15) is 11.5 Å². The largest absolute Gasteiger partial charge is 0.493 e. The van der Waals surface area contributed by atoms with Crippen LogP contribution in [0.3, 0.4) is 0 Å². The van der Waals surface area contributed by atoms with Crippen molar-refractivity contribution in [1.82, 2.24) is 0 Å². The molecule has 0 heterocycles. The molecule has 0 bridgehead atoms. The van der Waals surface area contributed by atoms with E-state index in [1.54, 1.807) is 12.1 Å². The molecule has 110 valence electrons. The quantitative estimate of drug-likeness (QED) is 0.633. The molecule has 0 aliphatic carbocycles. The molecule has 3 nitrogen and oxygen atoms in total. The van der Waals surface area contributed by atoms with Gasteiger partial charge in [0.05, 0.1) is 21.1 Å². The monoisotopic (exact) mass is 412 g/mol. The minimum absolute atomic E-state index is 0.0503. The summed E-state index contributed by atoms with van der Waals surface area (Å²) in [4.78, 5) is 12.3. The zero-order valence-corrected chi connectivity index (χ0v) is 14.6. The van der Waals surface area contributed by atoms with E-state index in [2.05, 4.69) is 31.9 Å². The second-order valence-corrected chi connectivity index (χ2v) is 5.90. The van der Waals surface area contributed by atoms with E-state index in [0.717, 1.165) is 8.95 Å². The van der Waals surface area contributed by atoms with Crippen LogP contribution in [-0.4, -0.2) is 19.0 Å². The Labute approximate surface area is 140 Å². The highest BCUT2D eigenvalue weighted by Gasteiger charge is 2.14. The van der Waals surface area contributed by atoms with Crippen LogP contribution in [0.25, 0.3) is 0 Å². The van der Waals surface area contributed by atoms with E-state index in [1.165, 1.54) is 0 Å². The second kappa shape index (κ2) is 7.61. The first-order chi connectivity index (χ1) is 10.1. The zero-order chi connectivity index (χ0) is 15.2. The number of carbonyl (C=O) groups excluding carboxylic acids is 1. The van der Waals surface area contributed by atoms with Crippen LogP contribution < -0.4 is 9.47 Å². The topological polar surface area (TPSA) is 35.5 Å². The molecule has 0 saturated heterocycles. The maximum Gasteiger partial charge on any atom is 0.203 e. The molecule has 0 fully saturated rings. The molecule has 5 heteroatoms. The van der Waals surface area contributed by atoms with Gasteiger partial charge >= 0.3 is 0 Å². The van der Waals surface area contributed by atoms with Gasteiger partial charge in [-0.05, 0) is 63.0 Å². The van der Waals surface area contributed by atoms with Crippen molar-refractivity contribution < 1.29 is 14.3 Å². The van der Waals surface area contributed by atoms with Crippen LogP contribution >= 0.6 is 31.9 Å². The smallest absolute Gasteiger partial charge is 0.203 e. The highest BCUT2D eigenvalue weighted by Crippen LogP contribution is 2.33. The average Bonchev–Trinajstić information content (AvgIpc) is 2.47. The molecule has 2 rings (SSSR count).